The van der Waals surface area contributed by atoms with Crippen molar-refractivity contribution in [3.8, 4) is 17.0 Å². The van der Waals surface area contributed by atoms with E-state index in [1.54, 1.807) is 48.8 Å². The molecule has 138 valence electrons. The van der Waals surface area contributed by atoms with Crippen LogP contribution in [0.5, 0.6) is 5.75 Å². The fraction of sp³-hybridized carbons (Fsp3) is 0.105. The summed E-state index contributed by atoms with van der Waals surface area (Å²) in [6.45, 7) is 1.81. The van der Waals surface area contributed by atoms with E-state index >= 15 is 0 Å². The summed E-state index contributed by atoms with van der Waals surface area (Å²) in [6, 6.07) is 12.0. The SMILES string of the molecule is COc1ccc(S(=O)(=O)Nc2cccc(-c3cn4ccsc4n3)c2)cc1C. The smallest absolute Gasteiger partial charge is 0.261 e. The van der Waals surface area contributed by atoms with Crippen LogP contribution in [0.25, 0.3) is 16.2 Å². The Labute approximate surface area is 161 Å². The number of nitrogens with zero attached hydrogens (tertiary/aromatic N) is 2. The number of hydrogen-bond acceptors (Lipinski definition) is 5. The minimum atomic E-state index is -3.70. The van der Waals surface area contributed by atoms with Crippen LogP contribution >= 0.6 is 11.3 Å². The number of fused-ring (bicyclic) bond motifs is 1. The summed E-state index contributed by atoms with van der Waals surface area (Å²) >= 11 is 1.55. The van der Waals surface area contributed by atoms with Crippen LogP contribution in [0, 0.1) is 6.92 Å². The lowest BCUT2D eigenvalue weighted by Gasteiger charge is -2.11. The lowest BCUT2D eigenvalue weighted by atomic mass is 10.1. The zero-order valence-corrected chi connectivity index (χ0v) is 16.3. The van der Waals surface area contributed by atoms with Crippen molar-refractivity contribution in [2.45, 2.75) is 11.8 Å². The van der Waals surface area contributed by atoms with Crippen LogP contribution < -0.4 is 9.46 Å². The first-order chi connectivity index (χ1) is 13.0. The Morgan fingerprint density at radius 2 is 2.04 bits per heavy atom. The van der Waals surface area contributed by atoms with Crippen LogP contribution in [0.1, 0.15) is 5.56 Å². The second kappa shape index (κ2) is 6.71. The first-order valence-corrected chi connectivity index (χ1v) is 10.5. The van der Waals surface area contributed by atoms with Crippen LogP contribution in [0.15, 0.2) is 65.1 Å². The maximum Gasteiger partial charge on any atom is 0.261 e. The predicted molar refractivity (Wildman–Crippen MR) is 107 cm³/mol. The van der Waals surface area contributed by atoms with Gasteiger partial charge in [0.2, 0.25) is 0 Å². The number of sulfonamides is 1. The highest BCUT2D eigenvalue weighted by Gasteiger charge is 2.16. The number of benzene rings is 2. The minimum Gasteiger partial charge on any atom is -0.496 e. The van der Waals surface area contributed by atoms with Crippen LogP contribution in [-0.2, 0) is 10.0 Å². The summed E-state index contributed by atoms with van der Waals surface area (Å²) in [5, 5.41) is 1.97. The Morgan fingerprint density at radius 1 is 1.19 bits per heavy atom. The van der Waals surface area contributed by atoms with Gasteiger partial charge < -0.3 is 4.74 Å². The van der Waals surface area contributed by atoms with E-state index in [1.807, 2.05) is 35.2 Å². The van der Waals surface area contributed by atoms with Gasteiger partial charge in [-0.3, -0.25) is 9.12 Å². The molecule has 6 nitrogen and oxygen atoms in total. The Morgan fingerprint density at radius 3 is 2.78 bits per heavy atom. The second-order valence-corrected chi connectivity index (χ2v) is 8.59. The zero-order valence-electron chi connectivity index (χ0n) is 14.7. The second-order valence-electron chi connectivity index (χ2n) is 6.04. The summed E-state index contributed by atoms with van der Waals surface area (Å²) in [5.41, 5.74) is 2.88. The molecule has 1 N–H and O–H groups in total. The van der Waals surface area contributed by atoms with Gasteiger partial charge in [-0.1, -0.05) is 12.1 Å². The van der Waals surface area contributed by atoms with Gasteiger partial charge in [-0.05, 0) is 42.8 Å². The van der Waals surface area contributed by atoms with E-state index in [9.17, 15) is 8.42 Å². The van der Waals surface area contributed by atoms with Crippen LogP contribution in [-0.4, -0.2) is 24.9 Å². The number of aromatic nitrogens is 2. The molecule has 0 bridgehead atoms. The van der Waals surface area contributed by atoms with Crippen molar-refractivity contribution in [1.29, 1.82) is 0 Å². The third-order valence-electron chi connectivity index (χ3n) is 4.18. The van der Waals surface area contributed by atoms with Crippen LogP contribution in [0.4, 0.5) is 5.69 Å². The highest BCUT2D eigenvalue weighted by molar-refractivity contribution is 7.92. The maximum atomic E-state index is 12.7. The van der Waals surface area contributed by atoms with Gasteiger partial charge in [0.25, 0.3) is 10.0 Å². The topological polar surface area (TPSA) is 72.7 Å². The molecule has 4 aromatic rings. The molecule has 0 unspecified atom stereocenters. The van der Waals surface area contributed by atoms with Crippen molar-refractivity contribution in [3.63, 3.8) is 0 Å². The number of rotatable bonds is 5. The van der Waals surface area contributed by atoms with E-state index in [1.165, 1.54) is 6.07 Å². The van der Waals surface area contributed by atoms with E-state index in [4.69, 9.17) is 4.74 Å². The molecule has 0 fully saturated rings. The normalized spacial score (nSPS) is 11.6. The number of aryl methyl sites for hydroxylation is 1. The summed E-state index contributed by atoms with van der Waals surface area (Å²) in [6.07, 6.45) is 3.86. The van der Waals surface area contributed by atoms with Crippen molar-refractivity contribution in [2.24, 2.45) is 0 Å². The molecule has 0 saturated heterocycles. The van der Waals surface area contributed by atoms with E-state index in [-0.39, 0.29) is 4.90 Å². The Kier molecular flexibility index (Phi) is 4.37. The highest BCUT2D eigenvalue weighted by Crippen LogP contribution is 2.26. The molecule has 2 heterocycles. The summed E-state index contributed by atoms with van der Waals surface area (Å²) in [7, 11) is -2.15. The quantitative estimate of drug-likeness (QED) is 0.546. The van der Waals surface area contributed by atoms with Gasteiger partial charge in [0, 0.05) is 29.0 Å². The number of imidazole rings is 1. The number of ether oxygens (including phenoxy) is 1. The third kappa shape index (κ3) is 3.41. The lowest BCUT2D eigenvalue weighted by molar-refractivity contribution is 0.411. The van der Waals surface area contributed by atoms with E-state index < -0.39 is 10.0 Å². The minimum absolute atomic E-state index is 0.189. The van der Waals surface area contributed by atoms with E-state index in [2.05, 4.69) is 9.71 Å². The molecule has 0 aliphatic heterocycles. The molecule has 0 aliphatic carbocycles. The van der Waals surface area contributed by atoms with E-state index in [0.29, 0.717) is 11.4 Å². The number of nitrogens with one attached hydrogen (secondary N) is 1. The summed E-state index contributed by atoms with van der Waals surface area (Å²) < 4.78 is 35.2. The molecule has 27 heavy (non-hydrogen) atoms. The molecule has 0 saturated carbocycles. The molecule has 2 aromatic heterocycles. The number of hydrogen-bond donors (Lipinski definition) is 1. The fourth-order valence-electron chi connectivity index (χ4n) is 2.84. The van der Waals surface area contributed by atoms with Gasteiger partial charge in [-0.2, -0.15) is 0 Å². The summed E-state index contributed by atoms with van der Waals surface area (Å²) in [5.74, 6) is 0.649. The highest BCUT2D eigenvalue weighted by atomic mass is 32.2. The molecule has 0 radical (unpaired) electrons. The van der Waals surface area contributed by atoms with Crippen molar-refractivity contribution >= 4 is 32.0 Å². The zero-order chi connectivity index (χ0) is 19.0. The Balaban J connectivity index is 1.64. The van der Waals surface area contributed by atoms with Crippen molar-refractivity contribution in [2.75, 3.05) is 11.8 Å². The molecule has 4 rings (SSSR count). The lowest BCUT2D eigenvalue weighted by Crippen LogP contribution is -2.13. The maximum absolute atomic E-state index is 12.7. The molecule has 0 aliphatic rings. The van der Waals surface area contributed by atoms with Gasteiger partial charge in [0.1, 0.15) is 5.75 Å². The van der Waals surface area contributed by atoms with Gasteiger partial charge in [-0.25, -0.2) is 13.4 Å². The number of methoxy groups -OCH3 is 1. The molecule has 8 heteroatoms. The Hall–Kier alpha value is -2.84. The van der Waals surface area contributed by atoms with Gasteiger partial charge in [-0.15, -0.1) is 11.3 Å². The standard InChI is InChI=1S/C19H17N3O3S2/c1-13-10-16(6-7-18(13)25-2)27(23,24)21-15-5-3-4-14(11-15)17-12-22-8-9-26-19(22)20-17/h3-12,21H,1-2H3. The molecule has 0 amide bonds. The van der Waals surface area contributed by atoms with Crippen LogP contribution in [0.2, 0.25) is 0 Å². The average Bonchev–Trinajstić information content (AvgIpc) is 3.23. The fourth-order valence-corrected chi connectivity index (χ4v) is 4.67. The Bertz CT molecular complexity index is 1200. The largest absolute Gasteiger partial charge is 0.496 e. The van der Waals surface area contributed by atoms with Crippen molar-refractivity contribution in [1.82, 2.24) is 9.38 Å². The molecular formula is C19H17N3O3S2. The molecule has 0 spiro atoms. The molecule has 2 aromatic carbocycles. The third-order valence-corrected chi connectivity index (χ3v) is 6.33. The van der Waals surface area contributed by atoms with Crippen LogP contribution in [0.3, 0.4) is 0 Å². The average molecular weight is 399 g/mol. The number of anilines is 1. The van der Waals surface area contributed by atoms with E-state index in [0.717, 1.165) is 21.8 Å². The molecular weight excluding hydrogens is 382 g/mol. The van der Waals surface area contributed by atoms with Gasteiger partial charge >= 0.3 is 0 Å². The first kappa shape index (κ1) is 17.6. The van der Waals surface area contributed by atoms with Crippen molar-refractivity contribution < 1.29 is 13.2 Å². The monoisotopic (exact) mass is 399 g/mol. The first-order valence-electron chi connectivity index (χ1n) is 8.16. The van der Waals surface area contributed by atoms with Crippen molar-refractivity contribution in [3.05, 3.63) is 65.8 Å². The number of thiazole rings is 1. The van der Waals surface area contributed by atoms with Gasteiger partial charge in [0.05, 0.1) is 17.7 Å². The summed E-state index contributed by atoms with van der Waals surface area (Å²) in [4.78, 5) is 5.64. The predicted octanol–water partition coefficient (Wildman–Crippen LogP) is 4.18. The van der Waals surface area contributed by atoms with Gasteiger partial charge in [0.15, 0.2) is 4.96 Å². The molecule has 0 atom stereocenters.